The normalized spacial score (nSPS) is 24.9. The van der Waals surface area contributed by atoms with E-state index in [0.717, 1.165) is 6.92 Å². The number of carbonyl (C=O) groups is 14. The van der Waals surface area contributed by atoms with Crippen LogP contribution in [-0.4, -0.2) is 176 Å². The summed E-state index contributed by atoms with van der Waals surface area (Å²) in [7, 11) is 0. The lowest BCUT2D eigenvalue weighted by molar-refractivity contribution is -0.142. The molecule has 72 heavy (non-hydrogen) atoms. The predicted octanol–water partition coefficient (Wildman–Crippen LogP) is -6.11. The molecule has 9 atom stereocenters. The van der Waals surface area contributed by atoms with Crippen LogP contribution in [0.1, 0.15) is 104 Å². The molecule has 18 N–H and O–H groups in total. The number of hydrogen-bond acceptors (Lipinski definition) is 16. The number of amides is 10. The van der Waals surface area contributed by atoms with Crippen molar-refractivity contribution >= 4 is 82.9 Å². The standard InChI is InChI=1S/C42H67N11O19/c1-19(2)16-26-40(70)52-27(17-33(63)64)41(71)50-24(9-13-31(59)60)38(68)49-25(10-14-32(61)62)39(69)53-34(20(3)54)42(72)46-18-29(56)47-23(8-12-30(57)58)37(67)48-22(7-11-28(44)55)36(66)45-15-5-4-6-21(43)35(65)51-26/h19-27,34,54H,4-18,43H2,1-3H3,(H2,44,55)(H,45,66)(H,46,72)(H,47,56)(H,48,67)(H,49,68)(H,50,71)(H,51,65)(H,52,70)(H,53,69)(H,57,58)(H,59,60)(H,61,62)(H,63,64)/t20-,21+,22+,23+,24+,25+,26-,27-,34+/m1/s1. The Hall–Kier alpha value is -7.50. The van der Waals surface area contributed by atoms with Crippen molar-refractivity contribution in [3.8, 4) is 0 Å². The summed E-state index contributed by atoms with van der Waals surface area (Å²) in [6.45, 7) is 3.30. The van der Waals surface area contributed by atoms with Crippen LogP contribution >= 0.6 is 0 Å². The summed E-state index contributed by atoms with van der Waals surface area (Å²) in [6, 6.07) is -13.6. The summed E-state index contributed by atoms with van der Waals surface area (Å²) in [4.78, 5) is 179. The summed E-state index contributed by atoms with van der Waals surface area (Å²) in [5.41, 5.74) is 11.4. The molecule has 0 saturated carbocycles. The number of primary amides is 1. The van der Waals surface area contributed by atoms with E-state index in [0.29, 0.717) is 0 Å². The third-order valence-corrected chi connectivity index (χ3v) is 10.6. The smallest absolute Gasteiger partial charge is 0.305 e. The van der Waals surface area contributed by atoms with Crippen molar-refractivity contribution in [2.45, 2.75) is 159 Å². The Balaban J connectivity index is 3.80. The highest BCUT2D eigenvalue weighted by Gasteiger charge is 2.36. The van der Waals surface area contributed by atoms with E-state index in [1.54, 1.807) is 13.8 Å². The Bertz CT molecular complexity index is 2000. The SMILES string of the molecule is CC(C)C[C@H]1NC(=O)[C@@H](N)CCCCNC(=O)[C@H](CCC(N)=O)NC(=O)[C@H](CCC(=O)O)NC(=O)CNC(=O)[C@H]([C@@H](C)O)NC(=O)[C@H](CCC(=O)O)NC(=O)[C@H](CCC(=O)O)NC(=O)[C@@H](CC(=O)O)NC1=O. The van der Waals surface area contributed by atoms with Gasteiger partial charge in [0.25, 0.3) is 0 Å². The molecule has 30 nitrogen and oxygen atoms in total. The van der Waals surface area contributed by atoms with Crippen molar-refractivity contribution in [3.05, 3.63) is 0 Å². The Morgan fingerprint density at radius 1 is 0.514 bits per heavy atom. The van der Waals surface area contributed by atoms with E-state index in [4.69, 9.17) is 11.5 Å². The molecule has 1 heterocycles. The van der Waals surface area contributed by atoms with E-state index in [9.17, 15) is 92.7 Å². The highest BCUT2D eigenvalue weighted by Crippen LogP contribution is 2.11. The van der Waals surface area contributed by atoms with Crippen LogP contribution in [0.4, 0.5) is 0 Å². The fraction of sp³-hybridized carbons (Fsp3) is 0.667. The minimum absolute atomic E-state index is 0.0205. The van der Waals surface area contributed by atoms with Gasteiger partial charge in [0.15, 0.2) is 0 Å². The number of aliphatic hydroxyl groups is 1. The molecular formula is C42H67N11O19. The van der Waals surface area contributed by atoms with E-state index in [-0.39, 0.29) is 44.6 Å². The summed E-state index contributed by atoms with van der Waals surface area (Å²) in [5.74, 6) is -17.4. The molecular weight excluding hydrogens is 963 g/mol. The lowest BCUT2D eigenvalue weighted by atomic mass is 10.0. The van der Waals surface area contributed by atoms with Gasteiger partial charge in [-0.05, 0) is 64.2 Å². The molecule has 0 unspecified atom stereocenters. The van der Waals surface area contributed by atoms with Crippen molar-refractivity contribution in [2.75, 3.05) is 13.1 Å². The van der Waals surface area contributed by atoms with Gasteiger partial charge in [-0.2, -0.15) is 0 Å². The molecule has 10 amide bonds. The maximum absolute atomic E-state index is 13.7. The van der Waals surface area contributed by atoms with Crippen LogP contribution in [0.25, 0.3) is 0 Å². The van der Waals surface area contributed by atoms with Crippen molar-refractivity contribution in [1.82, 2.24) is 47.9 Å². The van der Waals surface area contributed by atoms with Gasteiger partial charge in [-0.25, -0.2) is 0 Å². The van der Waals surface area contributed by atoms with Crippen LogP contribution in [0.15, 0.2) is 0 Å². The number of nitrogens with one attached hydrogen (secondary N) is 9. The highest BCUT2D eigenvalue weighted by atomic mass is 16.4. The van der Waals surface area contributed by atoms with Gasteiger partial charge in [-0.15, -0.1) is 0 Å². The van der Waals surface area contributed by atoms with E-state index >= 15 is 0 Å². The average molecular weight is 1030 g/mol. The molecule has 1 rings (SSSR count). The van der Waals surface area contributed by atoms with Crippen molar-refractivity contribution in [2.24, 2.45) is 17.4 Å². The lowest BCUT2D eigenvalue weighted by Gasteiger charge is -2.27. The number of hydrogen-bond donors (Lipinski definition) is 16. The minimum Gasteiger partial charge on any atom is -0.481 e. The van der Waals surface area contributed by atoms with Crippen LogP contribution in [0, 0.1) is 5.92 Å². The Morgan fingerprint density at radius 2 is 0.931 bits per heavy atom. The third-order valence-electron chi connectivity index (χ3n) is 10.6. The molecule has 1 saturated heterocycles. The summed E-state index contributed by atoms with van der Waals surface area (Å²) < 4.78 is 0. The number of rotatable bonds is 17. The van der Waals surface area contributed by atoms with Gasteiger partial charge in [-0.3, -0.25) is 67.1 Å². The molecule has 0 radical (unpaired) electrons. The van der Waals surface area contributed by atoms with Crippen LogP contribution < -0.4 is 59.3 Å². The zero-order chi connectivity index (χ0) is 54.8. The first-order valence-corrected chi connectivity index (χ1v) is 22.9. The lowest BCUT2D eigenvalue weighted by Crippen LogP contribution is -2.61. The molecule has 0 aliphatic carbocycles. The first kappa shape index (κ1) is 62.5. The molecule has 0 spiro atoms. The van der Waals surface area contributed by atoms with E-state index in [1.165, 1.54) is 0 Å². The molecule has 1 aliphatic rings. The molecule has 0 bridgehead atoms. The Labute approximate surface area is 412 Å². The first-order valence-electron chi connectivity index (χ1n) is 22.9. The summed E-state index contributed by atoms with van der Waals surface area (Å²) in [5, 5.41) is 68.5. The maximum atomic E-state index is 13.7. The van der Waals surface area contributed by atoms with Gasteiger partial charge >= 0.3 is 23.9 Å². The van der Waals surface area contributed by atoms with E-state index in [2.05, 4.69) is 47.9 Å². The maximum Gasteiger partial charge on any atom is 0.305 e. The zero-order valence-corrected chi connectivity index (χ0v) is 40.0. The monoisotopic (exact) mass is 1030 g/mol. The fourth-order valence-electron chi connectivity index (χ4n) is 6.76. The number of carboxylic acid groups (broad SMARTS) is 4. The van der Waals surface area contributed by atoms with Crippen LogP contribution in [0.5, 0.6) is 0 Å². The predicted molar refractivity (Wildman–Crippen MR) is 244 cm³/mol. The van der Waals surface area contributed by atoms with Crippen molar-refractivity contribution in [1.29, 1.82) is 0 Å². The van der Waals surface area contributed by atoms with Crippen molar-refractivity contribution in [3.63, 3.8) is 0 Å². The molecule has 0 aromatic carbocycles. The topological polar surface area (TPSA) is 500 Å². The van der Waals surface area contributed by atoms with E-state index in [1.807, 2.05) is 0 Å². The van der Waals surface area contributed by atoms with Gasteiger partial charge in [-0.1, -0.05) is 13.8 Å². The minimum atomic E-state index is -1.98. The molecule has 404 valence electrons. The molecule has 0 aromatic rings. The molecule has 1 aliphatic heterocycles. The second kappa shape index (κ2) is 31.7. The van der Waals surface area contributed by atoms with Gasteiger partial charge in [0.05, 0.1) is 25.1 Å². The average Bonchev–Trinajstić information content (AvgIpc) is 3.27. The molecule has 0 aromatic heterocycles. The van der Waals surface area contributed by atoms with Gasteiger partial charge < -0.3 is 84.9 Å². The summed E-state index contributed by atoms with van der Waals surface area (Å²) >= 11 is 0. The number of aliphatic hydroxyl groups excluding tert-OH is 1. The third kappa shape index (κ3) is 24.9. The number of carbonyl (C=O) groups excluding carboxylic acids is 10. The Morgan fingerprint density at radius 3 is 1.39 bits per heavy atom. The molecule has 30 heteroatoms. The van der Waals surface area contributed by atoms with Gasteiger partial charge in [0.1, 0.15) is 42.3 Å². The van der Waals surface area contributed by atoms with Gasteiger partial charge in [0.2, 0.25) is 59.1 Å². The number of carboxylic acids is 4. The molecule has 1 fully saturated rings. The number of nitrogens with two attached hydrogens (primary N) is 2. The summed E-state index contributed by atoms with van der Waals surface area (Å²) in [6.07, 6.45) is -7.71. The largest absolute Gasteiger partial charge is 0.481 e. The van der Waals surface area contributed by atoms with Gasteiger partial charge in [0, 0.05) is 32.2 Å². The number of aliphatic carboxylic acids is 4. The highest BCUT2D eigenvalue weighted by molar-refractivity contribution is 5.99. The van der Waals surface area contributed by atoms with Crippen LogP contribution in [-0.2, 0) is 67.1 Å². The second-order valence-corrected chi connectivity index (χ2v) is 17.3. The van der Waals surface area contributed by atoms with Crippen molar-refractivity contribution < 1.29 is 92.7 Å². The van der Waals surface area contributed by atoms with E-state index < -0.39 is 195 Å². The Kier molecular flexibility index (Phi) is 27.5. The fourth-order valence-corrected chi connectivity index (χ4v) is 6.76. The first-order chi connectivity index (χ1) is 33.6. The quantitative estimate of drug-likeness (QED) is 0.0645. The van der Waals surface area contributed by atoms with Crippen LogP contribution in [0.3, 0.4) is 0 Å². The second-order valence-electron chi connectivity index (χ2n) is 17.3. The zero-order valence-electron chi connectivity index (χ0n) is 40.0. The van der Waals surface area contributed by atoms with Crippen LogP contribution in [0.2, 0.25) is 0 Å².